The van der Waals surface area contributed by atoms with Gasteiger partial charge in [0.05, 0.1) is 5.56 Å². The van der Waals surface area contributed by atoms with E-state index in [1.54, 1.807) is 19.2 Å². The molecule has 0 aromatic heterocycles. The highest BCUT2D eigenvalue weighted by Gasteiger charge is 2.33. The van der Waals surface area contributed by atoms with Crippen molar-refractivity contribution in [1.82, 2.24) is 9.80 Å². The number of benzene rings is 1. The van der Waals surface area contributed by atoms with E-state index in [4.69, 9.17) is 5.11 Å². The van der Waals surface area contributed by atoms with Gasteiger partial charge in [0, 0.05) is 36.8 Å². The summed E-state index contributed by atoms with van der Waals surface area (Å²) in [6.07, 6.45) is 0.658. The van der Waals surface area contributed by atoms with E-state index >= 15 is 0 Å². The molecule has 0 radical (unpaired) electrons. The third-order valence-electron chi connectivity index (χ3n) is 3.81. The van der Waals surface area contributed by atoms with Crippen molar-refractivity contribution >= 4 is 39.7 Å². The molecule has 0 bridgehead atoms. The Morgan fingerprint density at radius 1 is 1.43 bits per heavy atom. The summed E-state index contributed by atoms with van der Waals surface area (Å²) in [7, 11) is 1.72. The maximum Gasteiger partial charge on any atom is 0.256 e. The van der Waals surface area contributed by atoms with Gasteiger partial charge in [0.1, 0.15) is 18.9 Å². The van der Waals surface area contributed by atoms with E-state index in [9.17, 15) is 14.4 Å². The Morgan fingerprint density at radius 3 is 2.78 bits per heavy atom. The van der Waals surface area contributed by atoms with Crippen LogP contribution in [0.5, 0.6) is 0 Å². The molecular weight excluding hydrogens is 366 g/mol. The molecule has 8 heteroatoms. The average Bonchev–Trinajstić information content (AvgIpc) is 2.59. The van der Waals surface area contributed by atoms with E-state index in [1.165, 1.54) is 9.80 Å². The normalized spacial score (nSPS) is 17.8. The number of nitrogens with zero attached hydrogens (tertiary/aromatic N) is 2. The Hall–Kier alpha value is -1.93. The molecule has 1 fully saturated rings. The van der Waals surface area contributed by atoms with Gasteiger partial charge in [0.25, 0.3) is 5.91 Å². The minimum Gasteiger partial charge on any atom is -0.387 e. The maximum absolute atomic E-state index is 12.8. The number of amides is 2. The molecule has 1 aromatic rings. The number of nitrogens with one attached hydrogen (secondary N) is 1. The van der Waals surface area contributed by atoms with Crippen molar-refractivity contribution < 1.29 is 19.5 Å². The monoisotopic (exact) mass is 383 g/mol. The summed E-state index contributed by atoms with van der Waals surface area (Å²) >= 11 is 3.34. The molecule has 0 saturated carbocycles. The van der Waals surface area contributed by atoms with Crippen LogP contribution in [0, 0.1) is 0 Å². The van der Waals surface area contributed by atoms with Crippen LogP contribution < -0.4 is 5.32 Å². The SMILES string of the molecule is CNc1ccc(Br)cc1C(=O)N1CCN(C(=O)CO)CC1C=O. The molecule has 1 atom stereocenters. The van der Waals surface area contributed by atoms with Crippen LogP contribution in [0.25, 0.3) is 0 Å². The molecule has 0 spiro atoms. The summed E-state index contributed by atoms with van der Waals surface area (Å²) < 4.78 is 0.761. The molecule has 2 amide bonds. The number of rotatable bonds is 4. The van der Waals surface area contributed by atoms with Crippen molar-refractivity contribution in [1.29, 1.82) is 0 Å². The zero-order valence-corrected chi connectivity index (χ0v) is 14.2. The summed E-state index contributed by atoms with van der Waals surface area (Å²) in [5.74, 6) is -0.717. The largest absolute Gasteiger partial charge is 0.387 e. The van der Waals surface area contributed by atoms with E-state index in [2.05, 4.69) is 21.2 Å². The predicted molar refractivity (Wildman–Crippen MR) is 88.2 cm³/mol. The first-order valence-corrected chi connectivity index (χ1v) is 7.93. The van der Waals surface area contributed by atoms with Crippen molar-refractivity contribution in [2.45, 2.75) is 6.04 Å². The van der Waals surface area contributed by atoms with Crippen LogP contribution in [-0.2, 0) is 9.59 Å². The molecule has 1 unspecified atom stereocenters. The molecule has 7 nitrogen and oxygen atoms in total. The van der Waals surface area contributed by atoms with Crippen molar-refractivity contribution in [2.24, 2.45) is 0 Å². The number of hydrogen-bond donors (Lipinski definition) is 2. The minimum atomic E-state index is -0.726. The van der Waals surface area contributed by atoms with E-state index < -0.39 is 18.6 Å². The van der Waals surface area contributed by atoms with Crippen LogP contribution in [0.3, 0.4) is 0 Å². The third kappa shape index (κ3) is 3.70. The molecule has 1 saturated heterocycles. The number of aliphatic hydroxyl groups excluding tert-OH is 1. The van der Waals surface area contributed by atoms with Crippen LogP contribution >= 0.6 is 15.9 Å². The fraction of sp³-hybridized carbons (Fsp3) is 0.400. The van der Waals surface area contributed by atoms with Gasteiger partial charge in [0.15, 0.2) is 0 Å². The molecule has 2 rings (SSSR count). The van der Waals surface area contributed by atoms with Gasteiger partial charge in [0.2, 0.25) is 5.91 Å². The van der Waals surface area contributed by atoms with Gasteiger partial charge in [-0.2, -0.15) is 0 Å². The van der Waals surface area contributed by atoms with Crippen LogP contribution in [-0.4, -0.2) is 72.3 Å². The first kappa shape index (κ1) is 17.4. The van der Waals surface area contributed by atoms with Crippen LogP contribution in [0.2, 0.25) is 0 Å². The number of piperazine rings is 1. The lowest BCUT2D eigenvalue weighted by Crippen LogP contribution is -2.57. The van der Waals surface area contributed by atoms with Crippen LogP contribution in [0.15, 0.2) is 22.7 Å². The Morgan fingerprint density at radius 2 is 2.17 bits per heavy atom. The van der Waals surface area contributed by atoms with E-state index in [1.807, 2.05) is 6.07 Å². The third-order valence-corrected chi connectivity index (χ3v) is 4.30. The Labute approximate surface area is 142 Å². The quantitative estimate of drug-likeness (QED) is 0.731. The smallest absolute Gasteiger partial charge is 0.256 e. The molecule has 1 aliphatic heterocycles. The van der Waals surface area contributed by atoms with Gasteiger partial charge in [-0.3, -0.25) is 9.59 Å². The van der Waals surface area contributed by atoms with Crippen molar-refractivity contribution in [3.8, 4) is 0 Å². The van der Waals surface area contributed by atoms with Crippen molar-refractivity contribution in [3.63, 3.8) is 0 Å². The summed E-state index contributed by atoms with van der Waals surface area (Å²) in [4.78, 5) is 38.6. The predicted octanol–water partition coefficient (Wildman–Crippen LogP) is 0.335. The molecule has 124 valence electrons. The fourth-order valence-corrected chi connectivity index (χ4v) is 2.93. The van der Waals surface area contributed by atoms with Crippen molar-refractivity contribution in [3.05, 3.63) is 28.2 Å². The van der Waals surface area contributed by atoms with E-state index in [0.717, 1.165) is 4.47 Å². The zero-order valence-electron chi connectivity index (χ0n) is 12.7. The summed E-state index contributed by atoms with van der Waals surface area (Å²) in [5.41, 5.74) is 1.12. The van der Waals surface area contributed by atoms with Gasteiger partial charge in [-0.1, -0.05) is 15.9 Å². The Bertz CT molecular complexity index is 623. The summed E-state index contributed by atoms with van der Waals surface area (Å²) in [6, 6.07) is 4.56. The van der Waals surface area contributed by atoms with Crippen LogP contribution in [0.4, 0.5) is 5.69 Å². The van der Waals surface area contributed by atoms with E-state index in [0.29, 0.717) is 24.1 Å². The summed E-state index contributed by atoms with van der Waals surface area (Å²) in [6.45, 7) is 0.0224. The lowest BCUT2D eigenvalue weighted by Gasteiger charge is -2.39. The maximum atomic E-state index is 12.8. The van der Waals surface area contributed by atoms with Crippen LogP contribution in [0.1, 0.15) is 10.4 Å². The van der Waals surface area contributed by atoms with Gasteiger partial charge in [-0.15, -0.1) is 0 Å². The first-order chi connectivity index (χ1) is 11.0. The number of carbonyl (C=O) groups excluding carboxylic acids is 3. The number of aldehydes is 1. The minimum absolute atomic E-state index is 0.0948. The molecule has 0 aliphatic carbocycles. The highest BCUT2D eigenvalue weighted by atomic mass is 79.9. The molecule has 23 heavy (non-hydrogen) atoms. The molecule has 2 N–H and O–H groups in total. The molecule has 1 aliphatic rings. The number of carbonyl (C=O) groups is 3. The standard InChI is InChI=1S/C15H18BrN3O4/c1-17-13-3-2-10(16)6-12(13)15(23)19-5-4-18(14(22)9-21)7-11(19)8-20/h2-3,6,8,11,17,21H,4-5,7,9H2,1H3. The average molecular weight is 384 g/mol. The first-order valence-electron chi connectivity index (χ1n) is 7.14. The number of aliphatic hydroxyl groups is 1. The summed E-state index contributed by atoms with van der Waals surface area (Å²) in [5, 5.41) is 11.9. The van der Waals surface area contributed by atoms with Gasteiger partial charge >= 0.3 is 0 Å². The second-order valence-electron chi connectivity index (χ2n) is 5.14. The van der Waals surface area contributed by atoms with Gasteiger partial charge < -0.3 is 25.0 Å². The second kappa shape index (κ2) is 7.56. The fourth-order valence-electron chi connectivity index (χ4n) is 2.57. The zero-order chi connectivity index (χ0) is 17.0. The Balaban J connectivity index is 2.24. The number of hydrogen-bond acceptors (Lipinski definition) is 5. The Kier molecular flexibility index (Phi) is 5.73. The van der Waals surface area contributed by atoms with Crippen molar-refractivity contribution in [2.75, 3.05) is 38.6 Å². The second-order valence-corrected chi connectivity index (χ2v) is 6.06. The van der Waals surface area contributed by atoms with Gasteiger partial charge in [-0.25, -0.2) is 0 Å². The number of anilines is 1. The topological polar surface area (TPSA) is 90.0 Å². The highest BCUT2D eigenvalue weighted by molar-refractivity contribution is 9.10. The van der Waals surface area contributed by atoms with E-state index in [-0.39, 0.29) is 19.0 Å². The molecule has 1 heterocycles. The number of halogens is 1. The molecular formula is C15H18BrN3O4. The lowest BCUT2D eigenvalue weighted by atomic mass is 10.1. The molecule has 1 aromatic carbocycles. The van der Waals surface area contributed by atoms with Gasteiger partial charge in [-0.05, 0) is 18.2 Å². The lowest BCUT2D eigenvalue weighted by molar-refractivity contribution is -0.137. The highest BCUT2D eigenvalue weighted by Crippen LogP contribution is 2.24.